The third-order valence-electron chi connectivity index (χ3n) is 4.80. The average Bonchev–Trinajstić information content (AvgIpc) is 3.09. The van der Waals surface area contributed by atoms with Crippen molar-refractivity contribution in [2.24, 2.45) is 0 Å². The molecule has 1 unspecified atom stereocenters. The fourth-order valence-corrected chi connectivity index (χ4v) is 3.41. The second kappa shape index (κ2) is 7.25. The average molecular weight is 350 g/mol. The first-order chi connectivity index (χ1) is 12.7. The van der Waals surface area contributed by atoms with Gasteiger partial charge in [0.25, 0.3) is 0 Å². The van der Waals surface area contributed by atoms with E-state index in [0.29, 0.717) is 32.7 Å². The fraction of sp³-hybridized carbons (Fsp3) is 0.350. The van der Waals surface area contributed by atoms with Crippen molar-refractivity contribution in [3.8, 4) is 0 Å². The molecule has 3 aromatic rings. The number of hydrogen-bond donors (Lipinski definition) is 0. The second-order valence-electron chi connectivity index (χ2n) is 6.61. The van der Waals surface area contributed by atoms with Gasteiger partial charge >= 0.3 is 0 Å². The zero-order valence-corrected chi connectivity index (χ0v) is 14.8. The van der Waals surface area contributed by atoms with Crippen molar-refractivity contribution in [2.75, 3.05) is 19.7 Å². The van der Waals surface area contributed by atoms with Crippen molar-refractivity contribution in [3.05, 3.63) is 60.0 Å². The molecular weight excluding hydrogens is 328 g/mol. The number of amides is 1. The monoisotopic (exact) mass is 350 g/mol. The maximum atomic E-state index is 12.7. The van der Waals surface area contributed by atoms with Gasteiger partial charge in [-0.3, -0.25) is 14.5 Å². The first-order valence-corrected chi connectivity index (χ1v) is 8.93. The number of benzene rings is 1. The molecule has 0 saturated carbocycles. The molecule has 134 valence electrons. The van der Waals surface area contributed by atoms with Gasteiger partial charge in [0.15, 0.2) is 0 Å². The van der Waals surface area contributed by atoms with Crippen molar-refractivity contribution in [2.45, 2.75) is 26.0 Å². The van der Waals surface area contributed by atoms with Crippen LogP contribution in [0.25, 0.3) is 10.9 Å². The van der Waals surface area contributed by atoms with Crippen molar-refractivity contribution in [3.63, 3.8) is 0 Å². The van der Waals surface area contributed by atoms with Crippen LogP contribution < -0.4 is 0 Å². The lowest BCUT2D eigenvalue weighted by Crippen LogP contribution is -2.42. The number of carbonyl (C=O) groups is 1. The Kier molecular flexibility index (Phi) is 4.67. The van der Waals surface area contributed by atoms with Crippen LogP contribution in [0, 0.1) is 6.92 Å². The molecule has 1 amide bonds. The molecule has 2 aromatic heterocycles. The minimum Gasteiger partial charge on any atom is -0.370 e. The van der Waals surface area contributed by atoms with Gasteiger partial charge in [-0.1, -0.05) is 18.2 Å². The number of aryl methyl sites for hydroxylation is 2. The lowest BCUT2D eigenvalue weighted by Gasteiger charge is -2.33. The van der Waals surface area contributed by atoms with Gasteiger partial charge in [0.2, 0.25) is 5.91 Å². The van der Waals surface area contributed by atoms with Crippen LogP contribution in [0.15, 0.2) is 48.8 Å². The van der Waals surface area contributed by atoms with E-state index in [9.17, 15) is 4.79 Å². The van der Waals surface area contributed by atoms with E-state index < -0.39 is 0 Å². The number of fused-ring (bicyclic) bond motifs is 1. The molecule has 1 atom stereocenters. The Balaban J connectivity index is 1.40. The Morgan fingerprint density at radius 1 is 1.31 bits per heavy atom. The number of para-hydroxylation sites is 1. The zero-order chi connectivity index (χ0) is 17.9. The molecular formula is C20H22N4O2. The molecule has 0 bridgehead atoms. The van der Waals surface area contributed by atoms with Crippen LogP contribution in [0.3, 0.4) is 0 Å². The predicted molar refractivity (Wildman–Crippen MR) is 98.6 cm³/mol. The fourth-order valence-electron chi connectivity index (χ4n) is 3.41. The van der Waals surface area contributed by atoms with E-state index >= 15 is 0 Å². The predicted octanol–water partition coefficient (Wildman–Crippen LogP) is 2.73. The normalized spacial score (nSPS) is 17.6. The van der Waals surface area contributed by atoms with E-state index in [2.05, 4.69) is 10.1 Å². The third-order valence-corrected chi connectivity index (χ3v) is 4.80. The first-order valence-electron chi connectivity index (χ1n) is 8.93. The summed E-state index contributed by atoms with van der Waals surface area (Å²) in [5, 5.41) is 5.50. The molecule has 26 heavy (non-hydrogen) atoms. The highest BCUT2D eigenvalue weighted by Crippen LogP contribution is 2.23. The molecule has 3 heterocycles. The largest absolute Gasteiger partial charge is 0.370 e. The van der Waals surface area contributed by atoms with Crippen LogP contribution in [0.5, 0.6) is 0 Å². The van der Waals surface area contributed by atoms with Gasteiger partial charge < -0.3 is 9.64 Å². The van der Waals surface area contributed by atoms with Gasteiger partial charge in [0.05, 0.1) is 31.4 Å². The third kappa shape index (κ3) is 3.46. The molecule has 1 saturated heterocycles. The summed E-state index contributed by atoms with van der Waals surface area (Å²) < 4.78 is 7.77. The maximum absolute atomic E-state index is 12.7. The Hall–Kier alpha value is -2.73. The summed E-state index contributed by atoms with van der Waals surface area (Å²) in [5.74, 6) is 0.142. The number of pyridine rings is 1. The lowest BCUT2D eigenvalue weighted by atomic mass is 10.1. The van der Waals surface area contributed by atoms with Gasteiger partial charge in [-0.25, -0.2) is 0 Å². The van der Waals surface area contributed by atoms with Crippen LogP contribution in [0.4, 0.5) is 0 Å². The maximum Gasteiger partial charge on any atom is 0.224 e. The molecule has 0 aliphatic carbocycles. The van der Waals surface area contributed by atoms with Crippen LogP contribution in [0.1, 0.15) is 23.8 Å². The van der Waals surface area contributed by atoms with Gasteiger partial charge in [0, 0.05) is 30.2 Å². The van der Waals surface area contributed by atoms with E-state index in [-0.39, 0.29) is 12.0 Å². The van der Waals surface area contributed by atoms with Gasteiger partial charge in [-0.05, 0) is 30.7 Å². The van der Waals surface area contributed by atoms with Crippen molar-refractivity contribution in [1.29, 1.82) is 0 Å². The summed E-state index contributed by atoms with van der Waals surface area (Å²) in [7, 11) is 0. The minimum atomic E-state index is -0.0834. The molecule has 1 aliphatic heterocycles. The van der Waals surface area contributed by atoms with Crippen LogP contribution in [0.2, 0.25) is 0 Å². The van der Waals surface area contributed by atoms with E-state index in [4.69, 9.17) is 4.74 Å². The smallest absolute Gasteiger partial charge is 0.224 e. The lowest BCUT2D eigenvalue weighted by molar-refractivity contribution is -0.139. The molecule has 1 fully saturated rings. The van der Waals surface area contributed by atoms with Crippen LogP contribution >= 0.6 is 0 Å². The summed E-state index contributed by atoms with van der Waals surface area (Å²) in [6, 6.07) is 12.0. The Morgan fingerprint density at radius 2 is 2.19 bits per heavy atom. The molecule has 1 aliphatic rings. The summed E-state index contributed by atoms with van der Waals surface area (Å²) in [5.41, 5.74) is 3.10. The molecule has 4 rings (SSSR count). The quantitative estimate of drug-likeness (QED) is 0.726. The van der Waals surface area contributed by atoms with Crippen LogP contribution in [-0.2, 0) is 16.1 Å². The van der Waals surface area contributed by atoms with Crippen LogP contribution in [-0.4, -0.2) is 45.3 Å². The summed E-state index contributed by atoms with van der Waals surface area (Å²) in [6.45, 7) is 4.33. The summed E-state index contributed by atoms with van der Waals surface area (Å²) in [4.78, 5) is 18.8. The molecule has 6 heteroatoms. The topological polar surface area (TPSA) is 60.2 Å². The highest BCUT2D eigenvalue weighted by molar-refractivity contribution is 5.79. The van der Waals surface area contributed by atoms with Gasteiger partial charge in [0.1, 0.15) is 6.10 Å². The van der Waals surface area contributed by atoms with Crippen molar-refractivity contribution >= 4 is 16.8 Å². The Morgan fingerprint density at radius 3 is 3.08 bits per heavy atom. The molecule has 0 N–H and O–H groups in total. The minimum absolute atomic E-state index is 0.0834. The number of morpholine rings is 1. The standard InChI is InChI=1S/C20H22N4O2/c1-15-12-16(6-8-21-15)19-14-23(10-11-26-19)20(25)7-9-24-18-5-3-2-4-17(18)13-22-24/h2-6,8,12-13,19H,7,9-11,14H2,1H3. The Labute approximate surface area is 152 Å². The first kappa shape index (κ1) is 16.7. The zero-order valence-electron chi connectivity index (χ0n) is 14.8. The number of rotatable bonds is 4. The van der Waals surface area contributed by atoms with E-state index in [1.165, 1.54) is 0 Å². The summed E-state index contributed by atoms with van der Waals surface area (Å²) >= 11 is 0. The summed E-state index contributed by atoms with van der Waals surface area (Å²) in [6.07, 6.45) is 3.99. The van der Waals surface area contributed by atoms with E-state index in [1.807, 2.05) is 59.1 Å². The number of nitrogens with zero attached hydrogens (tertiary/aromatic N) is 4. The Bertz CT molecular complexity index is 921. The van der Waals surface area contributed by atoms with Crippen molar-refractivity contribution < 1.29 is 9.53 Å². The number of carbonyl (C=O) groups excluding carboxylic acids is 1. The number of aromatic nitrogens is 3. The second-order valence-corrected chi connectivity index (χ2v) is 6.61. The van der Waals surface area contributed by atoms with Gasteiger partial charge in [-0.15, -0.1) is 0 Å². The molecule has 0 radical (unpaired) electrons. The van der Waals surface area contributed by atoms with E-state index in [0.717, 1.165) is 22.2 Å². The molecule has 6 nitrogen and oxygen atoms in total. The number of ether oxygens (including phenoxy) is 1. The van der Waals surface area contributed by atoms with Crippen molar-refractivity contribution in [1.82, 2.24) is 19.7 Å². The molecule has 0 spiro atoms. The van der Waals surface area contributed by atoms with Gasteiger partial charge in [-0.2, -0.15) is 5.10 Å². The van der Waals surface area contributed by atoms with E-state index in [1.54, 1.807) is 6.20 Å². The number of hydrogen-bond acceptors (Lipinski definition) is 4. The molecule has 1 aromatic carbocycles. The highest BCUT2D eigenvalue weighted by Gasteiger charge is 2.25. The highest BCUT2D eigenvalue weighted by atomic mass is 16.5. The SMILES string of the molecule is Cc1cc(C2CN(C(=O)CCn3ncc4ccccc43)CCO2)ccn1.